The first kappa shape index (κ1) is 30.4. The fraction of sp³-hybridized carbons (Fsp3) is 0.444. The Kier molecular flexibility index (Phi) is 9.30. The molecule has 0 aliphatic carbocycles. The number of aliphatic hydroxyl groups is 1. The number of halogens is 4. The van der Waals surface area contributed by atoms with Crippen LogP contribution in [0.4, 0.5) is 18.0 Å². The Morgan fingerprint density at radius 1 is 1.08 bits per heavy atom. The van der Waals surface area contributed by atoms with Gasteiger partial charge in [-0.3, -0.25) is 19.8 Å². The molecule has 3 amide bonds. The molecule has 39 heavy (non-hydrogen) atoms. The molecule has 1 unspecified atom stereocenters. The molecule has 2 atom stereocenters. The molecule has 0 aromatic heterocycles. The van der Waals surface area contributed by atoms with Crippen molar-refractivity contribution < 1.29 is 37.4 Å². The Labute approximate surface area is 229 Å². The fourth-order valence-electron chi connectivity index (χ4n) is 4.32. The lowest BCUT2D eigenvalue weighted by Gasteiger charge is -2.30. The number of hydrogen-bond donors (Lipinski definition) is 3. The van der Waals surface area contributed by atoms with Crippen LogP contribution in [0.5, 0.6) is 0 Å². The van der Waals surface area contributed by atoms with Gasteiger partial charge in [0.05, 0.1) is 6.04 Å². The van der Waals surface area contributed by atoms with E-state index in [2.05, 4.69) is 5.32 Å². The molecular formula is C27H31ClF3N3O5. The van der Waals surface area contributed by atoms with Gasteiger partial charge >= 0.3 is 12.3 Å². The molecule has 1 aliphatic rings. The normalized spacial score (nSPS) is 17.8. The van der Waals surface area contributed by atoms with Gasteiger partial charge in [-0.15, -0.1) is 0 Å². The molecule has 1 heterocycles. The van der Waals surface area contributed by atoms with Crippen LogP contribution in [0.25, 0.3) is 0 Å². The number of likely N-dealkylation sites (tertiary alicyclic amines) is 1. The molecule has 1 aliphatic heterocycles. The minimum atomic E-state index is -5.37. The van der Waals surface area contributed by atoms with Gasteiger partial charge in [0.1, 0.15) is 5.60 Å². The van der Waals surface area contributed by atoms with E-state index < -0.39 is 46.9 Å². The number of alkyl halides is 3. The smallest absolute Gasteiger partial charge is 0.430 e. The van der Waals surface area contributed by atoms with Gasteiger partial charge in [-0.2, -0.15) is 13.2 Å². The van der Waals surface area contributed by atoms with Crippen LogP contribution in [0, 0.1) is 0 Å². The highest BCUT2D eigenvalue weighted by atomic mass is 35.5. The Morgan fingerprint density at radius 2 is 1.74 bits per heavy atom. The average molecular weight is 570 g/mol. The summed E-state index contributed by atoms with van der Waals surface area (Å²) in [5.41, 5.74) is -3.91. The highest BCUT2D eigenvalue weighted by molar-refractivity contribution is 6.30. The lowest BCUT2D eigenvalue weighted by atomic mass is 9.92. The Bertz CT molecular complexity index is 1200. The SMILES string of the molecule is CC(C)(C)OC(=O)NCc1ccc(Cl)cc1CN1CCC[C@H]1C(=O)NC(=O)C(O)(c1ccccc1)C(F)(F)F. The van der Waals surface area contributed by atoms with E-state index in [-0.39, 0.29) is 13.1 Å². The van der Waals surface area contributed by atoms with Gasteiger partial charge in [-0.1, -0.05) is 48.0 Å². The molecule has 8 nitrogen and oxygen atoms in total. The van der Waals surface area contributed by atoms with Crippen LogP contribution >= 0.6 is 11.6 Å². The van der Waals surface area contributed by atoms with Gasteiger partial charge in [0, 0.05) is 23.7 Å². The van der Waals surface area contributed by atoms with Gasteiger partial charge in [-0.05, 0) is 63.4 Å². The molecular weight excluding hydrogens is 539 g/mol. The van der Waals surface area contributed by atoms with E-state index in [1.54, 1.807) is 49.2 Å². The molecule has 1 saturated heterocycles. The van der Waals surface area contributed by atoms with Crippen LogP contribution in [0.3, 0.4) is 0 Å². The van der Waals surface area contributed by atoms with Gasteiger partial charge in [0.25, 0.3) is 11.5 Å². The number of imide groups is 1. The van der Waals surface area contributed by atoms with Crippen molar-refractivity contribution >= 4 is 29.5 Å². The number of nitrogens with one attached hydrogen (secondary N) is 2. The molecule has 2 aromatic carbocycles. The number of alkyl carbamates (subject to hydrolysis) is 1. The molecule has 3 rings (SSSR count). The molecule has 212 valence electrons. The Hall–Kier alpha value is -3.15. The molecule has 2 aromatic rings. The molecule has 0 saturated carbocycles. The number of rotatable bonds is 7. The average Bonchev–Trinajstić information content (AvgIpc) is 3.30. The van der Waals surface area contributed by atoms with Gasteiger partial charge in [0.15, 0.2) is 0 Å². The summed E-state index contributed by atoms with van der Waals surface area (Å²) >= 11 is 6.18. The first-order chi connectivity index (χ1) is 18.1. The van der Waals surface area contributed by atoms with Crippen LogP contribution in [0.15, 0.2) is 48.5 Å². The van der Waals surface area contributed by atoms with E-state index in [1.807, 2.05) is 0 Å². The van der Waals surface area contributed by atoms with Crippen molar-refractivity contribution in [2.75, 3.05) is 6.54 Å². The summed E-state index contributed by atoms with van der Waals surface area (Å²) in [4.78, 5) is 39.5. The van der Waals surface area contributed by atoms with Gasteiger partial charge in [-0.25, -0.2) is 4.79 Å². The molecule has 12 heteroatoms. The predicted molar refractivity (Wildman–Crippen MR) is 138 cm³/mol. The second-order valence-electron chi connectivity index (χ2n) is 10.3. The quantitative estimate of drug-likeness (QED) is 0.456. The summed E-state index contributed by atoms with van der Waals surface area (Å²) in [6.45, 7) is 5.93. The van der Waals surface area contributed by atoms with E-state index in [9.17, 15) is 32.7 Å². The standard InChI is InChI=1S/C27H31ClF3N3O5/c1-25(2,3)39-24(37)32-15-17-11-12-20(28)14-18(17)16-34-13-7-10-21(34)22(35)33-23(36)26(38,27(29,30)31)19-8-5-4-6-9-19/h4-6,8-9,11-12,14,21,38H,7,10,13,15-16H2,1-3H3,(H,32,37)(H,33,35,36)/t21-,26?/m0/s1. The second-order valence-corrected chi connectivity index (χ2v) is 10.7. The number of ether oxygens (including phenoxy) is 1. The number of benzene rings is 2. The summed E-state index contributed by atoms with van der Waals surface area (Å²) in [7, 11) is 0. The first-order valence-electron chi connectivity index (χ1n) is 12.3. The van der Waals surface area contributed by atoms with Gasteiger partial charge in [0.2, 0.25) is 5.91 Å². The van der Waals surface area contributed by atoms with Crippen molar-refractivity contribution in [3.8, 4) is 0 Å². The predicted octanol–water partition coefficient (Wildman–Crippen LogP) is 4.42. The highest BCUT2D eigenvalue weighted by Gasteiger charge is 2.61. The van der Waals surface area contributed by atoms with Crippen LogP contribution < -0.4 is 10.6 Å². The van der Waals surface area contributed by atoms with E-state index in [0.29, 0.717) is 35.5 Å². The summed E-state index contributed by atoms with van der Waals surface area (Å²) in [5, 5.41) is 15.3. The third-order valence-electron chi connectivity index (χ3n) is 6.20. The second kappa shape index (κ2) is 11.9. The van der Waals surface area contributed by atoms with E-state index in [1.165, 1.54) is 18.2 Å². The molecule has 3 N–H and O–H groups in total. The highest BCUT2D eigenvalue weighted by Crippen LogP contribution is 2.39. The number of amides is 3. The molecule has 0 bridgehead atoms. The number of carbonyl (C=O) groups excluding carboxylic acids is 3. The zero-order valence-corrected chi connectivity index (χ0v) is 22.5. The summed E-state index contributed by atoms with van der Waals surface area (Å²) in [6, 6.07) is 9.97. The van der Waals surface area contributed by atoms with Crippen molar-refractivity contribution in [1.29, 1.82) is 0 Å². The van der Waals surface area contributed by atoms with Crippen molar-refractivity contribution in [1.82, 2.24) is 15.5 Å². The van der Waals surface area contributed by atoms with Gasteiger partial charge < -0.3 is 15.2 Å². The van der Waals surface area contributed by atoms with E-state index in [4.69, 9.17) is 16.3 Å². The third kappa shape index (κ3) is 7.49. The van der Waals surface area contributed by atoms with Crippen LogP contribution in [-0.2, 0) is 33.0 Å². The Balaban J connectivity index is 1.75. The zero-order valence-electron chi connectivity index (χ0n) is 21.8. The first-order valence-corrected chi connectivity index (χ1v) is 12.7. The number of hydrogen-bond acceptors (Lipinski definition) is 6. The number of nitrogens with zero attached hydrogens (tertiary/aromatic N) is 1. The summed E-state index contributed by atoms with van der Waals surface area (Å²) in [5.74, 6) is -2.82. The van der Waals surface area contributed by atoms with Crippen LogP contribution in [0.1, 0.15) is 50.3 Å². The fourth-order valence-corrected chi connectivity index (χ4v) is 4.51. The molecule has 0 spiro atoms. The third-order valence-corrected chi connectivity index (χ3v) is 6.43. The maximum atomic E-state index is 13.9. The topological polar surface area (TPSA) is 108 Å². The summed E-state index contributed by atoms with van der Waals surface area (Å²) < 4.78 is 46.8. The maximum Gasteiger partial charge on any atom is 0.430 e. The van der Waals surface area contributed by atoms with Crippen LogP contribution in [-0.4, -0.2) is 52.3 Å². The monoisotopic (exact) mass is 569 g/mol. The lowest BCUT2D eigenvalue weighted by Crippen LogP contribution is -2.57. The van der Waals surface area contributed by atoms with Crippen molar-refractivity contribution in [3.05, 3.63) is 70.2 Å². The van der Waals surface area contributed by atoms with E-state index >= 15 is 0 Å². The maximum absolute atomic E-state index is 13.9. The van der Waals surface area contributed by atoms with Crippen molar-refractivity contribution in [2.45, 2.75) is 70.1 Å². The largest absolute Gasteiger partial charge is 0.444 e. The lowest BCUT2D eigenvalue weighted by molar-refractivity contribution is -0.256. The van der Waals surface area contributed by atoms with Crippen LogP contribution in [0.2, 0.25) is 5.02 Å². The van der Waals surface area contributed by atoms with Crippen molar-refractivity contribution in [3.63, 3.8) is 0 Å². The minimum absolute atomic E-state index is 0.111. The zero-order chi connectivity index (χ0) is 29.0. The summed E-state index contributed by atoms with van der Waals surface area (Å²) in [6.07, 6.45) is -5.14. The van der Waals surface area contributed by atoms with Crippen molar-refractivity contribution in [2.24, 2.45) is 0 Å². The minimum Gasteiger partial charge on any atom is -0.444 e. The van der Waals surface area contributed by atoms with E-state index in [0.717, 1.165) is 12.1 Å². The number of carbonyl (C=O) groups is 3. The Morgan fingerprint density at radius 3 is 2.36 bits per heavy atom. The molecule has 0 radical (unpaired) electrons. The molecule has 1 fully saturated rings.